The number of rotatable bonds is 5. The standard InChI is InChI=1S/C20H33N3O4S.HI/c1-19(2,15-8-9-16(26-6)17(12-15)27-7)13-22-18(21-5)23-10-11-28(24,25)20(3,4)14-23;/h8-9,12H,10-11,13-14H2,1-7H3,(H,21,22);1H. The molecule has 1 aromatic rings. The summed E-state index contributed by atoms with van der Waals surface area (Å²) in [7, 11) is 1.88. The molecule has 0 saturated carbocycles. The second-order valence-electron chi connectivity index (χ2n) is 8.35. The number of aliphatic imine (C=N–C) groups is 1. The first-order valence-corrected chi connectivity index (χ1v) is 11.0. The molecule has 0 unspecified atom stereocenters. The highest BCUT2D eigenvalue weighted by Crippen LogP contribution is 2.33. The summed E-state index contributed by atoms with van der Waals surface area (Å²) in [6.07, 6.45) is 0. The lowest BCUT2D eigenvalue weighted by Gasteiger charge is -2.40. The van der Waals surface area contributed by atoms with Crippen LogP contribution in [0.4, 0.5) is 0 Å². The molecule has 7 nitrogen and oxygen atoms in total. The van der Waals surface area contributed by atoms with E-state index in [2.05, 4.69) is 24.2 Å². The van der Waals surface area contributed by atoms with Crippen molar-refractivity contribution in [3.05, 3.63) is 23.8 Å². The second-order valence-corrected chi connectivity index (χ2v) is 11.1. The zero-order valence-corrected chi connectivity index (χ0v) is 21.6. The van der Waals surface area contributed by atoms with Gasteiger partial charge >= 0.3 is 0 Å². The van der Waals surface area contributed by atoms with Crippen molar-refractivity contribution in [1.29, 1.82) is 0 Å². The van der Waals surface area contributed by atoms with Crippen LogP contribution in [0.5, 0.6) is 11.5 Å². The van der Waals surface area contributed by atoms with E-state index in [0.717, 1.165) is 11.5 Å². The van der Waals surface area contributed by atoms with Crippen molar-refractivity contribution in [2.75, 3.05) is 46.7 Å². The Balaban J connectivity index is 0.00000420. The van der Waals surface area contributed by atoms with Crippen LogP contribution in [0.25, 0.3) is 0 Å². The number of hydrogen-bond donors (Lipinski definition) is 1. The van der Waals surface area contributed by atoms with Gasteiger partial charge in [-0.3, -0.25) is 4.99 Å². The van der Waals surface area contributed by atoms with Gasteiger partial charge in [-0.05, 0) is 31.5 Å². The van der Waals surface area contributed by atoms with Gasteiger partial charge in [0.1, 0.15) is 0 Å². The van der Waals surface area contributed by atoms with Crippen LogP contribution in [0.1, 0.15) is 33.3 Å². The normalized spacial score (nSPS) is 18.6. The van der Waals surface area contributed by atoms with Gasteiger partial charge < -0.3 is 19.7 Å². The zero-order chi connectivity index (χ0) is 21.2. The van der Waals surface area contributed by atoms with Gasteiger partial charge in [0, 0.05) is 32.1 Å². The molecule has 1 aromatic carbocycles. The molecular weight excluding hydrogens is 505 g/mol. The fourth-order valence-electron chi connectivity index (χ4n) is 3.32. The average Bonchev–Trinajstić information content (AvgIpc) is 2.64. The van der Waals surface area contributed by atoms with Crippen LogP contribution in [0.15, 0.2) is 23.2 Å². The summed E-state index contributed by atoms with van der Waals surface area (Å²) >= 11 is 0. The lowest BCUT2D eigenvalue weighted by molar-refractivity contribution is 0.347. The summed E-state index contributed by atoms with van der Waals surface area (Å²) in [5.74, 6) is 2.25. The van der Waals surface area contributed by atoms with E-state index in [4.69, 9.17) is 9.47 Å². The third-order valence-electron chi connectivity index (χ3n) is 5.41. The first-order chi connectivity index (χ1) is 13.0. The molecule has 1 N–H and O–H groups in total. The largest absolute Gasteiger partial charge is 0.493 e. The van der Waals surface area contributed by atoms with Crippen LogP contribution < -0.4 is 14.8 Å². The molecule has 0 radical (unpaired) electrons. The monoisotopic (exact) mass is 539 g/mol. The Morgan fingerprint density at radius 2 is 1.86 bits per heavy atom. The number of ether oxygens (including phenoxy) is 2. The molecule has 29 heavy (non-hydrogen) atoms. The average molecular weight is 539 g/mol. The predicted molar refractivity (Wildman–Crippen MR) is 129 cm³/mol. The van der Waals surface area contributed by atoms with Gasteiger partial charge in [-0.1, -0.05) is 19.9 Å². The molecule has 1 saturated heterocycles. The maximum Gasteiger partial charge on any atom is 0.193 e. The topological polar surface area (TPSA) is 80.2 Å². The van der Waals surface area contributed by atoms with E-state index < -0.39 is 14.6 Å². The summed E-state index contributed by atoms with van der Waals surface area (Å²) in [5.41, 5.74) is 0.905. The van der Waals surface area contributed by atoms with Crippen molar-refractivity contribution in [3.8, 4) is 11.5 Å². The Hall–Kier alpha value is -1.23. The number of nitrogens with zero attached hydrogens (tertiary/aromatic N) is 2. The predicted octanol–water partition coefficient (Wildman–Crippen LogP) is 2.68. The summed E-state index contributed by atoms with van der Waals surface area (Å²) in [4.78, 5) is 6.39. The fraction of sp³-hybridized carbons (Fsp3) is 0.650. The minimum absolute atomic E-state index is 0. The van der Waals surface area contributed by atoms with E-state index in [1.54, 1.807) is 35.1 Å². The molecule has 1 fully saturated rings. The molecule has 1 aliphatic heterocycles. The molecule has 0 spiro atoms. The highest BCUT2D eigenvalue weighted by Gasteiger charge is 2.41. The van der Waals surface area contributed by atoms with Gasteiger partial charge in [-0.25, -0.2) is 8.42 Å². The maximum absolute atomic E-state index is 12.3. The van der Waals surface area contributed by atoms with Crippen molar-refractivity contribution in [2.24, 2.45) is 4.99 Å². The molecule has 0 bridgehead atoms. The molecule has 1 aliphatic rings. The summed E-state index contributed by atoms with van der Waals surface area (Å²) in [6.45, 7) is 9.33. The minimum Gasteiger partial charge on any atom is -0.493 e. The molecule has 9 heteroatoms. The smallest absolute Gasteiger partial charge is 0.193 e. The third kappa shape index (κ3) is 5.68. The number of hydrogen-bond acceptors (Lipinski definition) is 5. The lowest BCUT2D eigenvalue weighted by atomic mass is 9.84. The number of halogens is 1. The molecule has 0 atom stereocenters. The van der Waals surface area contributed by atoms with Crippen molar-refractivity contribution in [2.45, 2.75) is 37.9 Å². The van der Waals surface area contributed by atoms with Gasteiger partial charge in [0.25, 0.3) is 0 Å². The van der Waals surface area contributed by atoms with Gasteiger partial charge in [0.05, 0.1) is 24.7 Å². The van der Waals surface area contributed by atoms with Crippen molar-refractivity contribution in [3.63, 3.8) is 0 Å². The minimum atomic E-state index is -3.09. The molecule has 0 amide bonds. The highest BCUT2D eigenvalue weighted by atomic mass is 127. The van der Waals surface area contributed by atoms with Crippen molar-refractivity contribution < 1.29 is 17.9 Å². The summed E-state index contributed by atoms with van der Waals surface area (Å²) < 4.78 is 34.5. The van der Waals surface area contributed by atoms with E-state index in [0.29, 0.717) is 31.1 Å². The summed E-state index contributed by atoms with van der Waals surface area (Å²) in [5, 5.41) is 3.42. The van der Waals surface area contributed by atoms with Crippen LogP contribution in [0.3, 0.4) is 0 Å². The van der Waals surface area contributed by atoms with Crippen LogP contribution in [-0.4, -0.2) is 70.7 Å². The molecule has 0 aromatic heterocycles. The Morgan fingerprint density at radius 3 is 2.38 bits per heavy atom. The Morgan fingerprint density at radius 1 is 1.24 bits per heavy atom. The first kappa shape index (κ1) is 25.8. The van der Waals surface area contributed by atoms with Crippen LogP contribution in [0, 0.1) is 0 Å². The van der Waals surface area contributed by atoms with E-state index in [1.165, 1.54) is 0 Å². The Bertz CT molecular complexity index is 838. The molecule has 166 valence electrons. The second kappa shape index (κ2) is 9.72. The Kier molecular flexibility index (Phi) is 8.65. The van der Waals surface area contributed by atoms with E-state index in [-0.39, 0.29) is 35.1 Å². The van der Waals surface area contributed by atoms with E-state index in [1.807, 2.05) is 23.1 Å². The zero-order valence-electron chi connectivity index (χ0n) is 18.4. The SMILES string of the molecule is CN=C(NCC(C)(C)c1ccc(OC)c(OC)c1)N1CCS(=O)(=O)C(C)(C)C1.I. The van der Waals surface area contributed by atoms with E-state index in [9.17, 15) is 8.42 Å². The van der Waals surface area contributed by atoms with Crippen molar-refractivity contribution in [1.82, 2.24) is 10.2 Å². The summed E-state index contributed by atoms with van der Waals surface area (Å²) in [6, 6.07) is 5.92. The number of nitrogens with one attached hydrogen (secondary N) is 1. The fourth-order valence-corrected chi connectivity index (χ4v) is 4.68. The van der Waals surface area contributed by atoms with Gasteiger partial charge in [0.2, 0.25) is 0 Å². The first-order valence-electron chi connectivity index (χ1n) is 9.38. The molecule has 1 heterocycles. The number of methoxy groups -OCH3 is 2. The van der Waals surface area contributed by atoms with Crippen LogP contribution >= 0.6 is 24.0 Å². The number of sulfone groups is 1. The highest BCUT2D eigenvalue weighted by molar-refractivity contribution is 14.0. The van der Waals surface area contributed by atoms with Gasteiger partial charge in [0.15, 0.2) is 27.3 Å². The number of benzene rings is 1. The lowest BCUT2D eigenvalue weighted by Crippen LogP contribution is -2.58. The molecular formula is C20H34IN3O4S. The van der Waals surface area contributed by atoms with Crippen molar-refractivity contribution >= 4 is 39.8 Å². The number of guanidine groups is 1. The van der Waals surface area contributed by atoms with Crippen LogP contribution in [0.2, 0.25) is 0 Å². The van der Waals surface area contributed by atoms with Crippen LogP contribution in [-0.2, 0) is 15.3 Å². The maximum atomic E-state index is 12.3. The quantitative estimate of drug-likeness (QED) is 0.352. The van der Waals surface area contributed by atoms with Gasteiger partial charge in [-0.15, -0.1) is 24.0 Å². The van der Waals surface area contributed by atoms with E-state index >= 15 is 0 Å². The third-order valence-corrected chi connectivity index (χ3v) is 7.94. The van der Waals surface area contributed by atoms with Gasteiger partial charge in [-0.2, -0.15) is 0 Å². The Labute approximate surface area is 192 Å². The molecule has 2 rings (SSSR count). The molecule has 0 aliphatic carbocycles.